The van der Waals surface area contributed by atoms with Crippen LogP contribution >= 0.6 is 0 Å². The van der Waals surface area contributed by atoms with Crippen molar-refractivity contribution in [3.05, 3.63) is 36.1 Å². The molecule has 1 aromatic carbocycles. The highest BCUT2D eigenvalue weighted by atomic mass is 16.5. The molecule has 0 bridgehead atoms. The molecule has 2 rings (SSSR count). The summed E-state index contributed by atoms with van der Waals surface area (Å²) in [5, 5.41) is 0. The Balaban J connectivity index is 2.41. The molecule has 0 saturated carbocycles. The molecule has 14 heavy (non-hydrogen) atoms. The highest BCUT2D eigenvalue weighted by molar-refractivity contribution is 5.93. The Morgan fingerprint density at radius 1 is 1.36 bits per heavy atom. The molecule has 0 saturated heterocycles. The lowest BCUT2D eigenvalue weighted by Gasteiger charge is -2.06. The molecule has 0 fully saturated rings. The highest BCUT2D eigenvalue weighted by Gasteiger charge is 2.10. The van der Waals surface area contributed by atoms with Crippen LogP contribution in [0.3, 0.4) is 0 Å². The first-order chi connectivity index (χ1) is 6.77. The summed E-state index contributed by atoms with van der Waals surface area (Å²) < 4.78 is 10.5. The monoisotopic (exact) mass is 191 g/mol. The van der Waals surface area contributed by atoms with Gasteiger partial charge in [0.15, 0.2) is 11.5 Å². The van der Waals surface area contributed by atoms with E-state index >= 15 is 0 Å². The van der Waals surface area contributed by atoms with Gasteiger partial charge in [0.05, 0.1) is 6.26 Å². The number of hydrogen-bond acceptors (Lipinski definition) is 3. The van der Waals surface area contributed by atoms with Crippen molar-refractivity contribution in [3.63, 3.8) is 0 Å². The molecule has 1 aliphatic heterocycles. The quantitative estimate of drug-likeness (QED) is 0.722. The van der Waals surface area contributed by atoms with Gasteiger partial charge in [-0.05, 0) is 24.3 Å². The Hall–Kier alpha value is -1.97. The molecule has 1 aromatic rings. The zero-order valence-electron chi connectivity index (χ0n) is 7.40. The Bertz CT molecular complexity index is 398. The molecule has 1 heterocycles. The second kappa shape index (κ2) is 3.41. The number of rotatable bonds is 1. The molecule has 0 radical (unpaired) electrons. The Labute approximate surface area is 80.9 Å². The summed E-state index contributed by atoms with van der Waals surface area (Å²) >= 11 is 0. The molecule has 0 unspecified atom stereocenters. The van der Waals surface area contributed by atoms with E-state index < -0.39 is 5.91 Å². The van der Waals surface area contributed by atoms with Crippen LogP contribution in [0.1, 0.15) is 10.4 Å². The van der Waals surface area contributed by atoms with Crippen molar-refractivity contribution in [2.75, 3.05) is 6.61 Å². The first-order valence-corrected chi connectivity index (χ1v) is 4.16. The number of ether oxygens (including phenoxy) is 2. The van der Waals surface area contributed by atoms with E-state index in [9.17, 15) is 4.79 Å². The third-order valence-corrected chi connectivity index (χ3v) is 1.85. The van der Waals surface area contributed by atoms with Crippen molar-refractivity contribution in [1.29, 1.82) is 0 Å². The van der Waals surface area contributed by atoms with Gasteiger partial charge in [-0.2, -0.15) is 0 Å². The lowest BCUT2D eigenvalue weighted by molar-refractivity contribution is 0.1000. The molecule has 72 valence electrons. The summed E-state index contributed by atoms with van der Waals surface area (Å²) in [6.45, 7) is 0.461. The van der Waals surface area contributed by atoms with Gasteiger partial charge in [-0.1, -0.05) is 0 Å². The van der Waals surface area contributed by atoms with Crippen molar-refractivity contribution in [1.82, 2.24) is 0 Å². The smallest absolute Gasteiger partial charge is 0.248 e. The maximum atomic E-state index is 10.9. The van der Waals surface area contributed by atoms with E-state index in [0.717, 1.165) is 0 Å². The summed E-state index contributed by atoms with van der Waals surface area (Å²) in [5.41, 5.74) is 5.54. The van der Waals surface area contributed by atoms with Gasteiger partial charge >= 0.3 is 0 Å². The van der Waals surface area contributed by atoms with Gasteiger partial charge in [0.2, 0.25) is 5.91 Å². The number of nitrogens with two attached hydrogens (primary N) is 1. The van der Waals surface area contributed by atoms with E-state index in [2.05, 4.69) is 0 Å². The average Bonchev–Trinajstić information content (AvgIpc) is 2.41. The van der Waals surface area contributed by atoms with Gasteiger partial charge in [-0.3, -0.25) is 4.79 Å². The fourth-order valence-electron chi connectivity index (χ4n) is 1.17. The summed E-state index contributed by atoms with van der Waals surface area (Å²) in [6.07, 6.45) is 3.26. The molecule has 4 heteroatoms. The summed E-state index contributed by atoms with van der Waals surface area (Å²) in [7, 11) is 0. The third-order valence-electron chi connectivity index (χ3n) is 1.85. The van der Waals surface area contributed by atoms with Crippen molar-refractivity contribution in [3.8, 4) is 11.5 Å². The number of amides is 1. The van der Waals surface area contributed by atoms with Crippen LogP contribution in [-0.4, -0.2) is 12.5 Å². The molecule has 0 aromatic heterocycles. The molecular formula is C10H9NO3. The maximum absolute atomic E-state index is 10.9. The van der Waals surface area contributed by atoms with E-state index in [1.54, 1.807) is 24.3 Å². The number of carbonyl (C=O) groups is 1. The summed E-state index contributed by atoms with van der Waals surface area (Å²) in [6, 6.07) is 4.84. The molecule has 0 atom stereocenters. The number of fused-ring (bicyclic) bond motifs is 1. The lowest BCUT2D eigenvalue weighted by Crippen LogP contribution is -2.10. The average molecular weight is 191 g/mol. The van der Waals surface area contributed by atoms with Gasteiger partial charge in [-0.25, -0.2) is 0 Å². The normalized spacial score (nSPS) is 13.4. The van der Waals surface area contributed by atoms with Crippen LogP contribution in [0.2, 0.25) is 0 Å². The van der Waals surface area contributed by atoms with Crippen molar-refractivity contribution in [2.45, 2.75) is 0 Å². The fourth-order valence-corrected chi connectivity index (χ4v) is 1.17. The largest absolute Gasteiger partial charge is 0.485 e. The molecule has 0 spiro atoms. The van der Waals surface area contributed by atoms with E-state index in [-0.39, 0.29) is 0 Å². The minimum absolute atomic E-state index is 0.405. The van der Waals surface area contributed by atoms with Crippen molar-refractivity contribution in [2.24, 2.45) is 5.73 Å². The second-order valence-electron chi connectivity index (χ2n) is 2.83. The van der Waals surface area contributed by atoms with Gasteiger partial charge < -0.3 is 15.2 Å². The topological polar surface area (TPSA) is 61.6 Å². The van der Waals surface area contributed by atoms with Crippen molar-refractivity contribution >= 4 is 5.91 Å². The molecule has 2 N–H and O–H groups in total. The standard InChI is InChI=1S/C10H9NO3/c11-10(12)7-2-3-8-9(6-7)14-5-1-4-13-8/h1-3,5-6H,4H2,(H2,11,12). The predicted octanol–water partition coefficient (Wildman–Crippen LogP) is 1.07. The molecule has 0 aliphatic carbocycles. The van der Waals surface area contributed by atoms with Gasteiger partial charge in [0.1, 0.15) is 6.61 Å². The Kier molecular flexibility index (Phi) is 2.10. The van der Waals surface area contributed by atoms with Crippen LogP contribution in [0.4, 0.5) is 0 Å². The minimum Gasteiger partial charge on any atom is -0.485 e. The predicted molar refractivity (Wildman–Crippen MR) is 50.2 cm³/mol. The van der Waals surface area contributed by atoms with Gasteiger partial charge in [0, 0.05) is 5.56 Å². The third kappa shape index (κ3) is 1.54. The summed E-state index contributed by atoms with van der Waals surface area (Å²) in [4.78, 5) is 10.9. The van der Waals surface area contributed by atoms with Crippen LogP contribution in [-0.2, 0) is 0 Å². The van der Waals surface area contributed by atoms with E-state index in [4.69, 9.17) is 15.2 Å². The molecule has 1 aliphatic rings. The zero-order chi connectivity index (χ0) is 9.97. The molecule has 1 amide bonds. The number of primary amides is 1. The number of carbonyl (C=O) groups excluding carboxylic acids is 1. The van der Waals surface area contributed by atoms with Crippen LogP contribution < -0.4 is 15.2 Å². The fraction of sp³-hybridized carbons (Fsp3) is 0.100. The van der Waals surface area contributed by atoms with E-state index in [0.29, 0.717) is 23.7 Å². The van der Waals surface area contributed by atoms with Crippen LogP contribution in [0.25, 0.3) is 0 Å². The molecule has 4 nitrogen and oxygen atoms in total. The number of hydrogen-bond donors (Lipinski definition) is 1. The van der Waals surface area contributed by atoms with Crippen LogP contribution in [0.5, 0.6) is 11.5 Å². The SMILES string of the molecule is NC(=O)c1ccc2c(c1)OC=CCO2. The first-order valence-electron chi connectivity index (χ1n) is 4.16. The summed E-state index contributed by atoms with van der Waals surface area (Å²) in [5.74, 6) is 0.639. The molecular weight excluding hydrogens is 182 g/mol. The lowest BCUT2D eigenvalue weighted by atomic mass is 10.2. The van der Waals surface area contributed by atoms with Gasteiger partial charge in [-0.15, -0.1) is 0 Å². The van der Waals surface area contributed by atoms with Crippen LogP contribution in [0.15, 0.2) is 30.5 Å². The second-order valence-corrected chi connectivity index (χ2v) is 2.83. The highest BCUT2D eigenvalue weighted by Crippen LogP contribution is 2.29. The number of benzene rings is 1. The van der Waals surface area contributed by atoms with E-state index in [1.807, 2.05) is 0 Å². The Morgan fingerprint density at radius 2 is 2.21 bits per heavy atom. The Morgan fingerprint density at radius 3 is 3.00 bits per heavy atom. The van der Waals surface area contributed by atoms with Crippen molar-refractivity contribution < 1.29 is 14.3 Å². The minimum atomic E-state index is -0.482. The maximum Gasteiger partial charge on any atom is 0.248 e. The zero-order valence-corrected chi connectivity index (χ0v) is 7.40. The van der Waals surface area contributed by atoms with Crippen LogP contribution in [0, 0.1) is 0 Å². The first kappa shape index (κ1) is 8.62. The van der Waals surface area contributed by atoms with Gasteiger partial charge in [0.25, 0.3) is 0 Å². The van der Waals surface area contributed by atoms with E-state index in [1.165, 1.54) is 6.26 Å².